The highest BCUT2D eigenvalue weighted by atomic mass is 16.7. The molecule has 158 valence electrons. The molecule has 0 aromatic carbocycles. The third-order valence-corrected chi connectivity index (χ3v) is 4.62. The Morgan fingerprint density at radius 2 is 1.68 bits per heavy atom. The number of nitrogens with one attached hydrogen (secondary N) is 2. The molecule has 1 aromatic heterocycles. The van der Waals surface area contributed by atoms with Crippen LogP contribution in [0, 0.1) is 0 Å². The summed E-state index contributed by atoms with van der Waals surface area (Å²) >= 11 is 0. The van der Waals surface area contributed by atoms with E-state index in [4.69, 9.17) is 19.3 Å². The van der Waals surface area contributed by atoms with Crippen molar-refractivity contribution < 1.29 is 44.8 Å². The smallest absolute Gasteiger partial charge is 0.346 e. The minimum Gasteiger partial charge on any atom is -0.394 e. The predicted molar refractivity (Wildman–Crippen MR) is 88.9 cm³/mol. The molecule has 8 N–H and O–H groups in total. The van der Waals surface area contributed by atoms with Crippen molar-refractivity contribution in [1.29, 1.82) is 0 Å². The summed E-state index contributed by atoms with van der Waals surface area (Å²) in [5.74, 6) is 0.0591. The van der Waals surface area contributed by atoms with E-state index >= 15 is 0 Å². The van der Waals surface area contributed by atoms with Crippen LogP contribution in [0.15, 0.2) is 17.1 Å². The molecule has 13 nitrogen and oxygen atoms in total. The maximum absolute atomic E-state index is 11.4. The zero-order valence-corrected chi connectivity index (χ0v) is 14.5. The summed E-state index contributed by atoms with van der Waals surface area (Å²) in [4.78, 5) is 17.4. The number of H-pyrrole nitrogens is 1. The van der Waals surface area contributed by atoms with Gasteiger partial charge in [0.25, 0.3) is 0 Å². The van der Waals surface area contributed by atoms with Gasteiger partial charge in [0.15, 0.2) is 12.5 Å². The van der Waals surface area contributed by atoms with E-state index in [0.29, 0.717) is 0 Å². The number of rotatable bonds is 6. The lowest BCUT2D eigenvalue weighted by Gasteiger charge is -2.43. The molecule has 3 rings (SSSR count). The summed E-state index contributed by atoms with van der Waals surface area (Å²) in [7, 11) is 0. The van der Waals surface area contributed by atoms with Gasteiger partial charge >= 0.3 is 5.69 Å². The number of anilines is 1. The van der Waals surface area contributed by atoms with Crippen LogP contribution in [-0.2, 0) is 14.2 Å². The number of ether oxygens (including phenoxy) is 3. The number of nitrogens with zero attached hydrogens (tertiary/aromatic N) is 1. The van der Waals surface area contributed by atoms with Crippen molar-refractivity contribution in [2.75, 3.05) is 18.5 Å². The fourth-order valence-electron chi connectivity index (χ4n) is 3.09. The molecule has 2 aliphatic heterocycles. The fraction of sp³-hybridized carbons (Fsp3) is 0.733. The average Bonchev–Trinajstić information content (AvgIpc) is 2.95. The molecule has 0 amide bonds. The average molecular weight is 405 g/mol. The highest BCUT2D eigenvalue weighted by molar-refractivity contribution is 5.33. The van der Waals surface area contributed by atoms with Crippen LogP contribution >= 0.6 is 0 Å². The number of hydrogen-bond donors (Lipinski definition) is 8. The zero-order chi connectivity index (χ0) is 20.4. The van der Waals surface area contributed by atoms with Gasteiger partial charge in [0, 0.05) is 6.20 Å². The molecule has 2 fully saturated rings. The van der Waals surface area contributed by atoms with Gasteiger partial charge in [-0.15, -0.1) is 0 Å². The molecular formula is C15H23N3O10. The SMILES string of the molecule is O=c1nc(NC2O[C@H](CO)[C@H](O)[C@H](O)[C@H]2OC2O[C@H](CO)[C@@H](O)[C@@H]2O)cc[nH]1. The normalized spacial score (nSPS) is 41.1. The van der Waals surface area contributed by atoms with Crippen LogP contribution in [0.4, 0.5) is 5.82 Å². The van der Waals surface area contributed by atoms with Crippen molar-refractivity contribution in [2.24, 2.45) is 0 Å². The van der Waals surface area contributed by atoms with Gasteiger partial charge in [-0.05, 0) is 6.07 Å². The number of hydrogen-bond acceptors (Lipinski definition) is 12. The van der Waals surface area contributed by atoms with Crippen molar-refractivity contribution in [3.8, 4) is 0 Å². The first-order valence-corrected chi connectivity index (χ1v) is 8.58. The Bertz CT molecular complexity index is 705. The van der Waals surface area contributed by atoms with Gasteiger partial charge in [-0.2, -0.15) is 4.98 Å². The molecule has 2 unspecified atom stereocenters. The summed E-state index contributed by atoms with van der Waals surface area (Å²) in [5.41, 5.74) is -0.652. The van der Waals surface area contributed by atoms with Crippen LogP contribution in [0.5, 0.6) is 0 Å². The number of aromatic nitrogens is 2. The molecule has 9 atom stereocenters. The first-order valence-electron chi connectivity index (χ1n) is 8.58. The topological polar surface area (TPSA) is 207 Å². The maximum Gasteiger partial charge on any atom is 0.346 e. The van der Waals surface area contributed by atoms with Crippen LogP contribution in [0.3, 0.4) is 0 Å². The Morgan fingerprint density at radius 3 is 2.29 bits per heavy atom. The van der Waals surface area contributed by atoms with Crippen LogP contribution in [-0.4, -0.2) is 109 Å². The Morgan fingerprint density at radius 1 is 1.04 bits per heavy atom. The Balaban J connectivity index is 1.80. The zero-order valence-electron chi connectivity index (χ0n) is 14.5. The molecule has 2 aliphatic rings. The fourth-order valence-corrected chi connectivity index (χ4v) is 3.09. The Labute approximate surface area is 158 Å². The highest BCUT2D eigenvalue weighted by Gasteiger charge is 2.50. The number of aromatic amines is 1. The highest BCUT2D eigenvalue weighted by Crippen LogP contribution is 2.29. The predicted octanol–water partition coefficient (Wildman–Crippen LogP) is -4.55. The lowest BCUT2D eigenvalue weighted by molar-refractivity contribution is -0.282. The molecule has 2 saturated heterocycles. The number of aliphatic hydroxyl groups is 6. The van der Waals surface area contributed by atoms with Crippen molar-refractivity contribution in [2.45, 2.75) is 55.2 Å². The van der Waals surface area contributed by atoms with Crippen LogP contribution < -0.4 is 11.0 Å². The quantitative estimate of drug-likeness (QED) is 0.225. The summed E-state index contributed by atoms with van der Waals surface area (Å²) < 4.78 is 16.2. The van der Waals surface area contributed by atoms with E-state index in [9.17, 15) is 30.3 Å². The monoisotopic (exact) mass is 405 g/mol. The first-order chi connectivity index (χ1) is 13.3. The van der Waals surface area contributed by atoms with Crippen molar-refractivity contribution >= 4 is 5.82 Å². The van der Waals surface area contributed by atoms with E-state index in [2.05, 4.69) is 15.3 Å². The lowest BCUT2D eigenvalue weighted by Crippen LogP contribution is -2.62. The number of aliphatic hydroxyl groups excluding tert-OH is 6. The van der Waals surface area contributed by atoms with Gasteiger partial charge in [0.2, 0.25) is 0 Å². The second-order valence-corrected chi connectivity index (χ2v) is 6.49. The van der Waals surface area contributed by atoms with Gasteiger partial charge in [-0.3, -0.25) is 0 Å². The second-order valence-electron chi connectivity index (χ2n) is 6.49. The second kappa shape index (κ2) is 8.77. The van der Waals surface area contributed by atoms with Crippen LogP contribution in [0.25, 0.3) is 0 Å². The molecule has 0 bridgehead atoms. The molecule has 1 aromatic rings. The Hall–Kier alpha value is -1.68. The van der Waals surface area contributed by atoms with E-state index in [1.165, 1.54) is 12.3 Å². The van der Waals surface area contributed by atoms with Gasteiger partial charge in [-0.25, -0.2) is 4.79 Å². The molecule has 13 heteroatoms. The third kappa shape index (κ3) is 4.17. The summed E-state index contributed by atoms with van der Waals surface area (Å²) in [5, 5.41) is 61.7. The van der Waals surface area contributed by atoms with E-state index in [-0.39, 0.29) is 5.82 Å². The third-order valence-electron chi connectivity index (χ3n) is 4.62. The first kappa shape index (κ1) is 21.0. The Kier molecular flexibility index (Phi) is 6.59. The molecule has 0 radical (unpaired) electrons. The molecule has 3 heterocycles. The summed E-state index contributed by atoms with van der Waals surface area (Å²) in [6, 6.07) is 1.40. The van der Waals surface area contributed by atoms with Gasteiger partial charge in [0.05, 0.1) is 13.2 Å². The molecule has 0 spiro atoms. The molecule has 0 saturated carbocycles. The maximum atomic E-state index is 11.4. The van der Waals surface area contributed by atoms with Crippen LogP contribution in [0.1, 0.15) is 0 Å². The van der Waals surface area contributed by atoms with Gasteiger partial charge in [-0.1, -0.05) is 0 Å². The largest absolute Gasteiger partial charge is 0.394 e. The van der Waals surface area contributed by atoms with E-state index in [1.54, 1.807) is 0 Å². The lowest BCUT2D eigenvalue weighted by atomic mass is 9.98. The van der Waals surface area contributed by atoms with Crippen molar-refractivity contribution in [3.63, 3.8) is 0 Å². The minimum atomic E-state index is -1.59. The van der Waals surface area contributed by atoms with E-state index in [1.807, 2.05) is 0 Å². The molecule has 28 heavy (non-hydrogen) atoms. The molecule has 0 aliphatic carbocycles. The minimum absolute atomic E-state index is 0.0591. The van der Waals surface area contributed by atoms with Gasteiger partial charge in [0.1, 0.15) is 48.5 Å². The molecular weight excluding hydrogens is 382 g/mol. The van der Waals surface area contributed by atoms with Crippen molar-refractivity contribution in [1.82, 2.24) is 9.97 Å². The standard InChI is InChI=1S/C15H23N3O10/c19-3-5-8(21)10(23)12(28-14-11(24)9(22)6(4-20)27-14)13(26-5)17-7-1-2-16-15(25)18-7/h1-2,5-6,8-14,19-24H,3-4H2,(H2,16,17,18,25)/t5-,6-,8+,9-,10+,11+,12-,13?,14?/m1/s1. The van der Waals surface area contributed by atoms with Crippen molar-refractivity contribution in [3.05, 3.63) is 22.7 Å². The van der Waals surface area contributed by atoms with Crippen LogP contribution in [0.2, 0.25) is 0 Å². The summed E-state index contributed by atoms with van der Waals surface area (Å²) in [6.45, 7) is -1.19. The van der Waals surface area contributed by atoms with E-state index < -0.39 is 74.1 Å². The van der Waals surface area contributed by atoms with E-state index in [0.717, 1.165) is 0 Å². The van der Waals surface area contributed by atoms with Gasteiger partial charge < -0.3 is 55.2 Å². The summed E-state index contributed by atoms with van der Waals surface area (Å²) in [6.07, 6.45) is -11.0.